The molecule has 4 heterocycles. The Morgan fingerprint density at radius 2 is 1.93 bits per heavy atom. The van der Waals surface area contributed by atoms with E-state index in [1.807, 2.05) is 6.07 Å². The Labute approximate surface area is 173 Å². The van der Waals surface area contributed by atoms with Crippen LogP contribution in [-0.2, 0) is 6.61 Å². The van der Waals surface area contributed by atoms with Gasteiger partial charge < -0.3 is 19.7 Å². The van der Waals surface area contributed by atoms with Crippen LogP contribution in [0, 0.1) is 5.82 Å². The molecule has 30 heavy (non-hydrogen) atoms. The number of nitrogens with one attached hydrogen (secondary N) is 1. The lowest BCUT2D eigenvalue weighted by molar-refractivity contribution is 0.277. The van der Waals surface area contributed by atoms with Crippen LogP contribution in [0.5, 0.6) is 0 Å². The first kappa shape index (κ1) is 18.9. The van der Waals surface area contributed by atoms with Crippen molar-refractivity contribution in [1.29, 1.82) is 0 Å². The fourth-order valence-electron chi connectivity index (χ4n) is 4.20. The Morgan fingerprint density at radius 1 is 1.13 bits per heavy atom. The van der Waals surface area contributed by atoms with E-state index >= 15 is 0 Å². The summed E-state index contributed by atoms with van der Waals surface area (Å²) in [4.78, 5) is 15.6. The molecule has 0 radical (unpaired) electrons. The van der Waals surface area contributed by atoms with Crippen LogP contribution in [0.25, 0.3) is 27.9 Å². The van der Waals surface area contributed by atoms with E-state index < -0.39 is 5.82 Å². The summed E-state index contributed by atoms with van der Waals surface area (Å²) < 4.78 is 16.0. The lowest BCUT2D eigenvalue weighted by Crippen LogP contribution is -2.54. The van der Waals surface area contributed by atoms with Crippen LogP contribution in [0.2, 0.25) is 0 Å². The van der Waals surface area contributed by atoms with Crippen LogP contribution in [0.1, 0.15) is 19.5 Å². The van der Waals surface area contributed by atoms with E-state index in [-0.39, 0.29) is 12.3 Å². The summed E-state index contributed by atoms with van der Waals surface area (Å²) in [5.41, 5.74) is 3.10. The molecular weight excluding hydrogens is 383 g/mol. The molecule has 1 fully saturated rings. The summed E-state index contributed by atoms with van der Waals surface area (Å²) in [6.07, 6.45) is 5.11. The number of anilines is 1. The van der Waals surface area contributed by atoms with Gasteiger partial charge in [-0.15, -0.1) is 0 Å². The molecule has 0 amide bonds. The lowest BCUT2D eigenvalue weighted by Gasteiger charge is -2.37. The van der Waals surface area contributed by atoms with E-state index in [4.69, 9.17) is 0 Å². The molecule has 4 aromatic rings. The predicted octanol–water partition coefficient (Wildman–Crippen LogP) is 2.76. The first-order valence-corrected chi connectivity index (χ1v) is 10.1. The van der Waals surface area contributed by atoms with Gasteiger partial charge in [-0.25, -0.2) is 19.3 Å². The standard InChI is InChI=1S/C22H23FN6O/c1-13-8-28(9-14(2)25-13)18-3-4-20-15(5-18)7-24-21(27-20)16-6-19(23)22-26-17(12-30)11-29(22)10-16/h3-7,10-11,13-14,25,30H,8-9,12H2,1-2H3/t13-,14-/m0/s1. The highest BCUT2D eigenvalue weighted by Gasteiger charge is 2.21. The van der Waals surface area contributed by atoms with Crippen molar-refractivity contribution in [2.75, 3.05) is 18.0 Å². The topological polar surface area (TPSA) is 78.6 Å². The Hall–Kier alpha value is -3.10. The number of aliphatic hydroxyl groups is 1. The average molecular weight is 406 g/mol. The van der Waals surface area contributed by atoms with Crippen molar-refractivity contribution in [1.82, 2.24) is 24.7 Å². The monoisotopic (exact) mass is 406 g/mol. The summed E-state index contributed by atoms with van der Waals surface area (Å²) >= 11 is 0. The zero-order valence-corrected chi connectivity index (χ0v) is 16.9. The van der Waals surface area contributed by atoms with Crippen LogP contribution in [0.3, 0.4) is 0 Å². The first-order chi connectivity index (χ1) is 14.5. The van der Waals surface area contributed by atoms with E-state index in [1.165, 1.54) is 6.07 Å². The molecule has 154 valence electrons. The van der Waals surface area contributed by atoms with Crippen molar-refractivity contribution >= 4 is 22.2 Å². The third-order valence-electron chi connectivity index (χ3n) is 5.46. The summed E-state index contributed by atoms with van der Waals surface area (Å²) in [6, 6.07) is 8.42. The van der Waals surface area contributed by atoms with Gasteiger partial charge >= 0.3 is 0 Å². The third-order valence-corrected chi connectivity index (χ3v) is 5.46. The zero-order valence-electron chi connectivity index (χ0n) is 16.9. The minimum atomic E-state index is -0.479. The molecule has 0 bridgehead atoms. The van der Waals surface area contributed by atoms with Gasteiger partial charge in [-0.1, -0.05) is 0 Å². The van der Waals surface area contributed by atoms with Gasteiger partial charge in [0.2, 0.25) is 0 Å². The van der Waals surface area contributed by atoms with Crippen LogP contribution < -0.4 is 10.2 Å². The largest absolute Gasteiger partial charge is 0.390 e. The highest BCUT2D eigenvalue weighted by molar-refractivity contribution is 5.83. The van der Waals surface area contributed by atoms with Crippen molar-refractivity contribution < 1.29 is 9.50 Å². The molecule has 1 saturated heterocycles. The number of rotatable bonds is 3. The Morgan fingerprint density at radius 3 is 2.70 bits per heavy atom. The van der Waals surface area contributed by atoms with Gasteiger partial charge in [0.1, 0.15) is 0 Å². The molecule has 0 spiro atoms. The molecule has 2 N–H and O–H groups in total. The summed E-state index contributed by atoms with van der Waals surface area (Å²) in [6.45, 7) is 6.05. The van der Waals surface area contributed by atoms with Gasteiger partial charge in [0.05, 0.1) is 17.8 Å². The molecule has 0 aliphatic carbocycles. The maximum Gasteiger partial charge on any atom is 0.173 e. The van der Waals surface area contributed by atoms with Crippen molar-refractivity contribution in [3.8, 4) is 11.4 Å². The average Bonchev–Trinajstić information content (AvgIpc) is 3.16. The maximum absolute atomic E-state index is 14.5. The lowest BCUT2D eigenvalue weighted by atomic mass is 10.1. The van der Waals surface area contributed by atoms with Crippen LogP contribution in [-0.4, -0.2) is 49.6 Å². The highest BCUT2D eigenvalue weighted by atomic mass is 19.1. The number of halogens is 1. The minimum Gasteiger partial charge on any atom is -0.390 e. The number of hydrogen-bond acceptors (Lipinski definition) is 6. The molecule has 0 unspecified atom stereocenters. The van der Waals surface area contributed by atoms with E-state index in [2.05, 4.69) is 51.1 Å². The Balaban J connectivity index is 1.50. The van der Waals surface area contributed by atoms with Crippen molar-refractivity contribution in [2.45, 2.75) is 32.5 Å². The number of nitrogens with zero attached hydrogens (tertiary/aromatic N) is 5. The normalized spacial score (nSPS) is 19.7. The molecule has 5 rings (SSSR count). The van der Waals surface area contributed by atoms with Gasteiger partial charge in [-0.2, -0.15) is 0 Å². The molecule has 3 aromatic heterocycles. The maximum atomic E-state index is 14.5. The summed E-state index contributed by atoms with van der Waals surface area (Å²) in [5.74, 6) is -0.0343. The number of piperazine rings is 1. The van der Waals surface area contributed by atoms with Gasteiger partial charge in [0, 0.05) is 60.4 Å². The molecule has 1 aromatic carbocycles. The van der Waals surface area contributed by atoms with Crippen molar-refractivity contribution in [2.24, 2.45) is 0 Å². The SMILES string of the molecule is C[C@H]1CN(c2ccc3nc(-c4cc(F)c5nc(CO)cn5c4)ncc3c2)C[C@H](C)N1. The third kappa shape index (κ3) is 3.38. The number of pyridine rings is 1. The fraction of sp³-hybridized carbons (Fsp3) is 0.318. The molecule has 1 aliphatic heterocycles. The molecule has 1 aliphatic rings. The number of hydrogen-bond donors (Lipinski definition) is 2. The van der Waals surface area contributed by atoms with Crippen molar-refractivity contribution in [3.63, 3.8) is 0 Å². The van der Waals surface area contributed by atoms with Crippen LogP contribution >= 0.6 is 0 Å². The van der Waals surface area contributed by atoms with E-state index in [1.54, 1.807) is 23.0 Å². The molecule has 0 saturated carbocycles. The van der Waals surface area contributed by atoms with Gasteiger partial charge in [0.25, 0.3) is 0 Å². The number of fused-ring (bicyclic) bond motifs is 2. The minimum absolute atomic E-state index is 0.174. The number of imidazole rings is 1. The number of aromatic nitrogens is 4. The molecule has 7 nitrogen and oxygen atoms in total. The number of benzene rings is 1. The summed E-state index contributed by atoms with van der Waals surface area (Å²) in [5, 5.41) is 13.7. The van der Waals surface area contributed by atoms with E-state index in [0.29, 0.717) is 29.2 Å². The predicted molar refractivity (Wildman–Crippen MR) is 114 cm³/mol. The number of aliphatic hydroxyl groups excluding tert-OH is 1. The molecule has 2 atom stereocenters. The molecular formula is C22H23FN6O. The highest BCUT2D eigenvalue weighted by Crippen LogP contribution is 2.25. The van der Waals surface area contributed by atoms with Crippen molar-refractivity contribution in [3.05, 3.63) is 54.4 Å². The van der Waals surface area contributed by atoms with Gasteiger partial charge in [-0.05, 0) is 38.1 Å². The molecule has 8 heteroatoms. The van der Waals surface area contributed by atoms with Gasteiger partial charge in [-0.3, -0.25) is 0 Å². The summed E-state index contributed by atoms with van der Waals surface area (Å²) in [7, 11) is 0. The van der Waals surface area contributed by atoms with Crippen LogP contribution in [0.15, 0.2) is 42.9 Å². The fourth-order valence-corrected chi connectivity index (χ4v) is 4.20. The smallest absolute Gasteiger partial charge is 0.173 e. The van der Waals surface area contributed by atoms with E-state index in [9.17, 15) is 9.50 Å². The Kier molecular flexibility index (Phi) is 4.60. The quantitative estimate of drug-likeness (QED) is 0.545. The van der Waals surface area contributed by atoms with Crippen LogP contribution in [0.4, 0.5) is 10.1 Å². The second-order valence-corrected chi connectivity index (χ2v) is 8.01. The first-order valence-electron chi connectivity index (χ1n) is 10.1. The second-order valence-electron chi connectivity index (χ2n) is 8.01. The second kappa shape index (κ2) is 7.30. The van der Waals surface area contributed by atoms with Gasteiger partial charge in [0.15, 0.2) is 17.3 Å². The zero-order chi connectivity index (χ0) is 20.8. The Bertz CT molecular complexity index is 1230. The van der Waals surface area contributed by atoms with E-state index in [0.717, 1.165) is 29.7 Å².